The molecule has 0 spiro atoms. The van der Waals surface area contributed by atoms with Crippen LogP contribution in [0.4, 0.5) is 0 Å². The van der Waals surface area contributed by atoms with Gasteiger partial charge in [-0.1, -0.05) is 6.92 Å². The molecule has 2 rings (SSSR count). The van der Waals surface area contributed by atoms with Crippen LogP contribution in [0.2, 0.25) is 0 Å². The molecule has 0 saturated carbocycles. The quantitative estimate of drug-likeness (QED) is 0.499. The average molecular weight is 353 g/mol. The van der Waals surface area contributed by atoms with Crippen molar-refractivity contribution in [2.75, 3.05) is 33.3 Å². The Labute approximate surface area is 148 Å². The van der Waals surface area contributed by atoms with Crippen molar-refractivity contribution in [3.05, 3.63) is 15.6 Å². The standard InChI is InChI=1S/C17H28N4O2S/c1-6-18-17(19-8-7-15-12(3)20-13(4)24-15)21-9-11(2)14(10-21)16(22)23-5/h11,14H,6-10H2,1-5H3,(H,18,19). The summed E-state index contributed by atoms with van der Waals surface area (Å²) >= 11 is 1.74. The normalized spacial score (nSPS) is 21.2. The van der Waals surface area contributed by atoms with Gasteiger partial charge in [0.25, 0.3) is 0 Å². The summed E-state index contributed by atoms with van der Waals surface area (Å²) in [4.78, 5) is 24.6. The van der Waals surface area contributed by atoms with Crippen molar-refractivity contribution in [1.82, 2.24) is 15.2 Å². The first-order valence-corrected chi connectivity index (χ1v) is 9.31. The van der Waals surface area contributed by atoms with Gasteiger partial charge in [0.05, 0.1) is 23.7 Å². The lowest BCUT2D eigenvalue weighted by Gasteiger charge is -2.21. The Kier molecular flexibility index (Phi) is 6.60. The van der Waals surface area contributed by atoms with Crippen LogP contribution in [0.1, 0.15) is 29.4 Å². The molecule has 1 aromatic heterocycles. The summed E-state index contributed by atoms with van der Waals surface area (Å²) in [6.45, 7) is 11.3. The molecular weight excluding hydrogens is 324 g/mol. The lowest BCUT2D eigenvalue weighted by molar-refractivity contribution is -0.145. The fourth-order valence-corrected chi connectivity index (χ4v) is 4.02. The number of guanidine groups is 1. The van der Waals surface area contributed by atoms with E-state index in [0.29, 0.717) is 6.54 Å². The monoisotopic (exact) mass is 352 g/mol. The van der Waals surface area contributed by atoms with Crippen LogP contribution in [0, 0.1) is 25.7 Å². The SMILES string of the molecule is CCNC(=NCCc1sc(C)nc1C)N1CC(C)C(C(=O)OC)C1. The number of ether oxygens (including phenoxy) is 1. The summed E-state index contributed by atoms with van der Waals surface area (Å²) in [7, 11) is 1.45. The summed E-state index contributed by atoms with van der Waals surface area (Å²) in [6, 6.07) is 0. The molecule has 0 bridgehead atoms. The Morgan fingerprint density at radius 1 is 1.46 bits per heavy atom. The molecule has 0 radical (unpaired) electrons. The molecule has 2 atom stereocenters. The number of esters is 1. The van der Waals surface area contributed by atoms with Gasteiger partial charge in [0.15, 0.2) is 5.96 Å². The number of likely N-dealkylation sites (tertiary alicyclic amines) is 1. The van der Waals surface area contributed by atoms with E-state index >= 15 is 0 Å². The smallest absolute Gasteiger partial charge is 0.310 e. The number of carbonyl (C=O) groups excluding carboxylic acids is 1. The predicted octanol–water partition coefficient (Wildman–Crippen LogP) is 2.01. The number of thiazole rings is 1. The molecule has 1 aliphatic rings. The maximum absolute atomic E-state index is 11.9. The fraction of sp³-hybridized carbons (Fsp3) is 0.706. The maximum Gasteiger partial charge on any atom is 0.310 e. The van der Waals surface area contributed by atoms with Crippen molar-refractivity contribution in [3.63, 3.8) is 0 Å². The van der Waals surface area contributed by atoms with E-state index < -0.39 is 0 Å². The van der Waals surface area contributed by atoms with Crippen LogP contribution >= 0.6 is 11.3 Å². The predicted molar refractivity (Wildman–Crippen MR) is 97.5 cm³/mol. The second kappa shape index (κ2) is 8.46. The van der Waals surface area contributed by atoms with Gasteiger partial charge >= 0.3 is 5.97 Å². The lowest BCUT2D eigenvalue weighted by atomic mass is 9.99. The Balaban J connectivity index is 2.00. The van der Waals surface area contributed by atoms with E-state index in [-0.39, 0.29) is 17.8 Å². The molecule has 1 aliphatic heterocycles. The van der Waals surface area contributed by atoms with E-state index in [1.54, 1.807) is 11.3 Å². The minimum atomic E-state index is -0.128. The van der Waals surface area contributed by atoms with Crippen LogP contribution in [0.3, 0.4) is 0 Å². The van der Waals surface area contributed by atoms with Gasteiger partial charge < -0.3 is 15.0 Å². The van der Waals surface area contributed by atoms with Crippen molar-refractivity contribution >= 4 is 23.3 Å². The highest BCUT2D eigenvalue weighted by atomic mass is 32.1. The van der Waals surface area contributed by atoms with E-state index in [4.69, 9.17) is 9.73 Å². The second-order valence-electron chi connectivity index (χ2n) is 6.24. The number of aromatic nitrogens is 1. The van der Waals surface area contributed by atoms with Crippen molar-refractivity contribution < 1.29 is 9.53 Å². The van der Waals surface area contributed by atoms with Gasteiger partial charge in [-0.15, -0.1) is 11.3 Å². The first-order valence-electron chi connectivity index (χ1n) is 8.50. The van der Waals surface area contributed by atoms with Crippen molar-refractivity contribution in [1.29, 1.82) is 0 Å². The molecule has 1 fully saturated rings. The highest BCUT2D eigenvalue weighted by Gasteiger charge is 2.36. The van der Waals surface area contributed by atoms with E-state index in [2.05, 4.69) is 36.0 Å². The summed E-state index contributed by atoms with van der Waals surface area (Å²) in [5.41, 5.74) is 1.11. The molecular formula is C17H28N4O2S. The zero-order chi connectivity index (χ0) is 17.7. The number of hydrogen-bond acceptors (Lipinski definition) is 5. The topological polar surface area (TPSA) is 66.8 Å². The van der Waals surface area contributed by atoms with Gasteiger partial charge in [0.2, 0.25) is 0 Å². The first-order chi connectivity index (χ1) is 11.5. The largest absolute Gasteiger partial charge is 0.469 e. The number of rotatable bonds is 5. The molecule has 1 saturated heterocycles. The first kappa shape index (κ1) is 18.7. The van der Waals surface area contributed by atoms with Gasteiger partial charge in [0.1, 0.15) is 0 Å². The number of aliphatic imine (C=N–C) groups is 1. The Morgan fingerprint density at radius 2 is 2.21 bits per heavy atom. The number of hydrogen-bond donors (Lipinski definition) is 1. The molecule has 6 nitrogen and oxygen atoms in total. The van der Waals surface area contributed by atoms with Gasteiger partial charge in [-0.3, -0.25) is 9.79 Å². The minimum Gasteiger partial charge on any atom is -0.469 e. The molecule has 0 aromatic carbocycles. The van der Waals surface area contributed by atoms with Crippen molar-refractivity contribution in [2.45, 2.75) is 34.1 Å². The van der Waals surface area contributed by atoms with Crippen LogP contribution in [0.25, 0.3) is 0 Å². The van der Waals surface area contributed by atoms with Gasteiger partial charge in [-0.2, -0.15) is 0 Å². The highest BCUT2D eigenvalue weighted by molar-refractivity contribution is 7.11. The third-order valence-electron chi connectivity index (χ3n) is 4.35. The van der Waals surface area contributed by atoms with Crippen LogP contribution in [-0.2, 0) is 16.0 Å². The van der Waals surface area contributed by atoms with Crippen LogP contribution in [-0.4, -0.2) is 55.1 Å². The highest BCUT2D eigenvalue weighted by Crippen LogP contribution is 2.24. The molecule has 24 heavy (non-hydrogen) atoms. The molecule has 0 aliphatic carbocycles. The summed E-state index contributed by atoms with van der Waals surface area (Å²) in [5.74, 6) is 0.948. The molecule has 7 heteroatoms. The third-order valence-corrected chi connectivity index (χ3v) is 5.48. The van der Waals surface area contributed by atoms with Gasteiger partial charge in [-0.25, -0.2) is 4.98 Å². The fourth-order valence-electron chi connectivity index (χ4n) is 3.09. The van der Waals surface area contributed by atoms with E-state index in [1.165, 1.54) is 12.0 Å². The summed E-state index contributed by atoms with van der Waals surface area (Å²) in [6.07, 6.45) is 0.899. The molecule has 2 unspecified atom stereocenters. The molecule has 1 aromatic rings. The van der Waals surface area contributed by atoms with E-state index in [9.17, 15) is 4.79 Å². The zero-order valence-corrected chi connectivity index (χ0v) is 16.1. The number of methoxy groups -OCH3 is 1. The van der Waals surface area contributed by atoms with E-state index in [0.717, 1.165) is 42.7 Å². The summed E-state index contributed by atoms with van der Waals surface area (Å²) < 4.78 is 4.92. The van der Waals surface area contributed by atoms with Crippen LogP contribution < -0.4 is 5.32 Å². The summed E-state index contributed by atoms with van der Waals surface area (Å²) in [5, 5.41) is 4.44. The zero-order valence-electron chi connectivity index (χ0n) is 15.3. The van der Waals surface area contributed by atoms with Crippen LogP contribution in [0.5, 0.6) is 0 Å². The Morgan fingerprint density at radius 3 is 2.79 bits per heavy atom. The second-order valence-corrected chi connectivity index (χ2v) is 7.53. The lowest BCUT2D eigenvalue weighted by Crippen LogP contribution is -2.40. The molecule has 2 heterocycles. The van der Waals surface area contributed by atoms with Crippen molar-refractivity contribution in [2.24, 2.45) is 16.8 Å². The number of nitrogens with one attached hydrogen (secondary N) is 1. The average Bonchev–Trinajstić information content (AvgIpc) is 3.08. The Bertz CT molecular complexity index is 599. The number of aryl methyl sites for hydroxylation is 2. The van der Waals surface area contributed by atoms with Crippen LogP contribution in [0.15, 0.2) is 4.99 Å². The van der Waals surface area contributed by atoms with Gasteiger partial charge in [0, 0.05) is 37.5 Å². The van der Waals surface area contributed by atoms with Gasteiger partial charge in [-0.05, 0) is 26.7 Å². The Hall–Kier alpha value is -1.63. The third kappa shape index (κ3) is 4.47. The molecule has 0 amide bonds. The number of nitrogens with zero attached hydrogens (tertiary/aromatic N) is 3. The molecule has 134 valence electrons. The minimum absolute atomic E-state index is 0.0785. The number of carbonyl (C=O) groups is 1. The molecule has 1 N–H and O–H groups in total. The van der Waals surface area contributed by atoms with E-state index in [1.807, 2.05) is 6.92 Å². The maximum atomic E-state index is 11.9. The van der Waals surface area contributed by atoms with Crippen molar-refractivity contribution in [3.8, 4) is 0 Å².